The number of piperidine rings is 1. The Balaban J connectivity index is 2.15. The Kier molecular flexibility index (Phi) is 3.33. The van der Waals surface area contributed by atoms with Crippen LogP contribution in [0.3, 0.4) is 0 Å². The maximum atomic E-state index is 6.20. The van der Waals surface area contributed by atoms with Gasteiger partial charge in [-0.1, -0.05) is 34.1 Å². The van der Waals surface area contributed by atoms with Crippen molar-refractivity contribution in [2.45, 2.75) is 65.3 Å². The van der Waals surface area contributed by atoms with E-state index in [0.29, 0.717) is 10.8 Å². The fraction of sp³-hybridized carbons (Fsp3) is 1.00. The predicted molar refractivity (Wildman–Crippen MR) is 74.0 cm³/mol. The number of likely N-dealkylation sites (tertiary alicyclic amines) is 1. The van der Waals surface area contributed by atoms with Crippen LogP contribution in [-0.4, -0.2) is 30.1 Å². The summed E-state index contributed by atoms with van der Waals surface area (Å²) in [4.78, 5) is 2.73. The Morgan fingerprint density at radius 1 is 0.941 bits per heavy atom. The van der Waals surface area contributed by atoms with Crippen LogP contribution in [0.4, 0.5) is 0 Å². The molecule has 1 unspecified atom stereocenters. The van der Waals surface area contributed by atoms with Crippen molar-refractivity contribution in [2.75, 3.05) is 19.6 Å². The molecule has 2 fully saturated rings. The molecule has 0 radical (unpaired) electrons. The van der Waals surface area contributed by atoms with Crippen molar-refractivity contribution in [2.24, 2.45) is 16.6 Å². The van der Waals surface area contributed by atoms with Gasteiger partial charge in [-0.2, -0.15) is 0 Å². The van der Waals surface area contributed by atoms with Crippen LogP contribution in [-0.2, 0) is 0 Å². The second-order valence-electron chi connectivity index (χ2n) is 7.62. The largest absolute Gasteiger partial charge is 0.329 e. The Morgan fingerprint density at radius 2 is 1.53 bits per heavy atom. The maximum absolute atomic E-state index is 6.20. The molecule has 2 aliphatic rings. The molecule has 2 heteroatoms. The van der Waals surface area contributed by atoms with Gasteiger partial charge in [0.1, 0.15) is 0 Å². The summed E-state index contributed by atoms with van der Waals surface area (Å²) >= 11 is 0. The standard InChI is InChI=1S/C15H30N2/c1-13(2)8-10-17(11-9-13)15(12-16)7-5-6-14(15,3)4/h5-12,16H2,1-4H3. The molecule has 1 heterocycles. The average molecular weight is 238 g/mol. The normalized spacial score (nSPS) is 37.2. The van der Waals surface area contributed by atoms with Crippen molar-refractivity contribution in [3.63, 3.8) is 0 Å². The smallest absolute Gasteiger partial charge is 0.0382 e. The summed E-state index contributed by atoms with van der Waals surface area (Å²) in [6, 6.07) is 0. The van der Waals surface area contributed by atoms with Gasteiger partial charge in [0.25, 0.3) is 0 Å². The number of nitrogens with zero attached hydrogens (tertiary/aromatic N) is 1. The van der Waals surface area contributed by atoms with Gasteiger partial charge in [0.15, 0.2) is 0 Å². The molecule has 100 valence electrons. The zero-order valence-electron chi connectivity index (χ0n) is 12.2. The van der Waals surface area contributed by atoms with Gasteiger partial charge in [-0.25, -0.2) is 0 Å². The van der Waals surface area contributed by atoms with E-state index >= 15 is 0 Å². The van der Waals surface area contributed by atoms with E-state index in [2.05, 4.69) is 32.6 Å². The SMILES string of the molecule is CC1(C)CCN(C2(CN)CCCC2(C)C)CC1. The first-order chi connectivity index (χ1) is 7.83. The topological polar surface area (TPSA) is 29.3 Å². The van der Waals surface area contributed by atoms with Gasteiger partial charge in [-0.05, 0) is 49.6 Å². The number of rotatable bonds is 2. The van der Waals surface area contributed by atoms with Crippen LogP contribution in [0.1, 0.15) is 59.8 Å². The summed E-state index contributed by atoms with van der Waals surface area (Å²) in [5.41, 5.74) is 7.41. The zero-order chi connectivity index (χ0) is 12.7. The minimum absolute atomic E-state index is 0.281. The van der Waals surface area contributed by atoms with Crippen LogP contribution in [0.15, 0.2) is 0 Å². The highest BCUT2D eigenvalue weighted by atomic mass is 15.2. The first-order valence-electron chi connectivity index (χ1n) is 7.28. The fourth-order valence-electron chi connectivity index (χ4n) is 4.03. The van der Waals surface area contributed by atoms with Gasteiger partial charge in [-0.3, -0.25) is 4.90 Å². The molecular weight excluding hydrogens is 208 g/mol. The van der Waals surface area contributed by atoms with Gasteiger partial charge in [0.05, 0.1) is 0 Å². The molecule has 0 amide bonds. The highest BCUT2D eigenvalue weighted by molar-refractivity contribution is 5.08. The van der Waals surface area contributed by atoms with Crippen LogP contribution in [0.25, 0.3) is 0 Å². The van der Waals surface area contributed by atoms with Crippen LogP contribution < -0.4 is 5.73 Å². The fourth-order valence-corrected chi connectivity index (χ4v) is 4.03. The van der Waals surface area contributed by atoms with E-state index in [9.17, 15) is 0 Å². The third kappa shape index (κ3) is 2.15. The Bertz CT molecular complexity index is 273. The summed E-state index contributed by atoms with van der Waals surface area (Å²) in [5, 5.41) is 0. The molecule has 1 atom stereocenters. The molecule has 2 rings (SSSR count). The van der Waals surface area contributed by atoms with Gasteiger partial charge >= 0.3 is 0 Å². The van der Waals surface area contributed by atoms with Crippen LogP contribution in [0.2, 0.25) is 0 Å². The van der Waals surface area contributed by atoms with E-state index in [-0.39, 0.29) is 5.54 Å². The average Bonchev–Trinajstić information content (AvgIpc) is 2.54. The molecule has 0 bridgehead atoms. The molecule has 17 heavy (non-hydrogen) atoms. The van der Waals surface area contributed by atoms with Crippen molar-refractivity contribution in [1.29, 1.82) is 0 Å². The second kappa shape index (κ2) is 4.24. The van der Waals surface area contributed by atoms with Crippen molar-refractivity contribution in [1.82, 2.24) is 4.90 Å². The Hall–Kier alpha value is -0.0800. The molecule has 2 N–H and O–H groups in total. The van der Waals surface area contributed by atoms with E-state index in [4.69, 9.17) is 5.73 Å². The van der Waals surface area contributed by atoms with Crippen molar-refractivity contribution < 1.29 is 0 Å². The van der Waals surface area contributed by atoms with Gasteiger partial charge in [-0.15, -0.1) is 0 Å². The number of hydrogen-bond acceptors (Lipinski definition) is 2. The molecule has 1 saturated heterocycles. The van der Waals surface area contributed by atoms with Gasteiger partial charge in [0.2, 0.25) is 0 Å². The lowest BCUT2D eigenvalue weighted by Gasteiger charge is -2.53. The number of hydrogen-bond donors (Lipinski definition) is 1. The van der Waals surface area contributed by atoms with E-state index in [1.807, 2.05) is 0 Å². The van der Waals surface area contributed by atoms with Crippen LogP contribution >= 0.6 is 0 Å². The van der Waals surface area contributed by atoms with Gasteiger partial charge < -0.3 is 5.73 Å². The zero-order valence-corrected chi connectivity index (χ0v) is 12.2. The summed E-state index contributed by atoms with van der Waals surface area (Å²) in [7, 11) is 0. The Labute approximate surface area is 107 Å². The minimum atomic E-state index is 0.281. The van der Waals surface area contributed by atoms with Crippen LogP contribution in [0, 0.1) is 10.8 Å². The van der Waals surface area contributed by atoms with Crippen molar-refractivity contribution in [3.8, 4) is 0 Å². The minimum Gasteiger partial charge on any atom is -0.329 e. The molecule has 1 saturated carbocycles. The summed E-state index contributed by atoms with van der Waals surface area (Å²) in [5.74, 6) is 0. The molecular formula is C15H30N2. The lowest BCUT2D eigenvalue weighted by molar-refractivity contribution is -0.0233. The predicted octanol–water partition coefficient (Wildman–Crippen LogP) is 3.02. The highest BCUT2D eigenvalue weighted by Gasteiger charge is 2.52. The monoisotopic (exact) mass is 238 g/mol. The molecule has 0 aromatic rings. The van der Waals surface area contributed by atoms with E-state index < -0.39 is 0 Å². The first-order valence-corrected chi connectivity index (χ1v) is 7.28. The van der Waals surface area contributed by atoms with E-state index in [0.717, 1.165) is 6.54 Å². The van der Waals surface area contributed by atoms with Crippen molar-refractivity contribution >= 4 is 0 Å². The second-order valence-corrected chi connectivity index (χ2v) is 7.62. The molecule has 0 aromatic heterocycles. The summed E-state index contributed by atoms with van der Waals surface area (Å²) in [6.07, 6.45) is 6.64. The quantitative estimate of drug-likeness (QED) is 0.801. The lowest BCUT2D eigenvalue weighted by Crippen LogP contribution is -2.62. The third-order valence-corrected chi connectivity index (χ3v) is 5.71. The first kappa shape index (κ1) is 13.4. The van der Waals surface area contributed by atoms with E-state index in [1.54, 1.807) is 0 Å². The summed E-state index contributed by atoms with van der Waals surface area (Å²) < 4.78 is 0. The molecule has 0 spiro atoms. The third-order valence-electron chi connectivity index (χ3n) is 5.71. The molecule has 0 aromatic carbocycles. The van der Waals surface area contributed by atoms with E-state index in [1.165, 1.54) is 45.2 Å². The molecule has 1 aliphatic heterocycles. The van der Waals surface area contributed by atoms with Gasteiger partial charge in [0, 0.05) is 12.1 Å². The lowest BCUT2D eigenvalue weighted by atomic mass is 9.71. The van der Waals surface area contributed by atoms with Crippen molar-refractivity contribution in [3.05, 3.63) is 0 Å². The Morgan fingerprint density at radius 3 is 1.94 bits per heavy atom. The maximum Gasteiger partial charge on any atom is 0.0382 e. The molecule has 2 nitrogen and oxygen atoms in total. The van der Waals surface area contributed by atoms with Crippen LogP contribution in [0.5, 0.6) is 0 Å². The molecule has 1 aliphatic carbocycles. The number of nitrogens with two attached hydrogens (primary N) is 1. The highest BCUT2D eigenvalue weighted by Crippen LogP contribution is 2.50. The summed E-state index contributed by atoms with van der Waals surface area (Å²) in [6.45, 7) is 13.0.